The fraction of sp³-hybridized carbons (Fsp3) is 0.400. The van der Waals surface area contributed by atoms with Gasteiger partial charge in [0.2, 0.25) is 10.0 Å². The van der Waals surface area contributed by atoms with Crippen molar-refractivity contribution in [2.24, 2.45) is 4.52 Å². The minimum Gasteiger partial charge on any atom is -0.497 e. The van der Waals surface area contributed by atoms with E-state index < -0.39 is 10.0 Å². The summed E-state index contributed by atoms with van der Waals surface area (Å²) in [6.07, 6.45) is 1.04. The van der Waals surface area contributed by atoms with Gasteiger partial charge in [-0.3, -0.25) is 0 Å². The Hall–Kier alpha value is -1.72. The molecule has 0 amide bonds. The first-order valence-corrected chi connectivity index (χ1v) is 6.60. The van der Waals surface area contributed by atoms with Crippen LogP contribution in [0.25, 0.3) is 10.4 Å². The standard InChI is InChI=1S/C10H13N3O3S/c1-16-10-6-4-9(5-7-10)3-2-8-17(14,15)13-12-11/h4-7H,2-3,8H2,1H3. The number of rotatable bonds is 6. The Morgan fingerprint density at radius 1 is 1.35 bits per heavy atom. The highest BCUT2D eigenvalue weighted by Gasteiger charge is 2.06. The highest BCUT2D eigenvalue weighted by molar-refractivity contribution is 7.89. The molecule has 0 radical (unpaired) electrons. The average molecular weight is 255 g/mol. The van der Waals surface area contributed by atoms with Crippen LogP contribution >= 0.6 is 0 Å². The second kappa shape index (κ2) is 6.12. The van der Waals surface area contributed by atoms with Crippen molar-refractivity contribution in [2.75, 3.05) is 12.9 Å². The van der Waals surface area contributed by atoms with E-state index in [4.69, 9.17) is 10.3 Å². The Bertz CT molecular complexity index is 504. The van der Waals surface area contributed by atoms with Crippen LogP contribution in [-0.4, -0.2) is 21.3 Å². The van der Waals surface area contributed by atoms with Crippen LogP contribution in [0.2, 0.25) is 0 Å². The van der Waals surface area contributed by atoms with Gasteiger partial charge in [0.05, 0.1) is 12.9 Å². The monoisotopic (exact) mass is 255 g/mol. The summed E-state index contributed by atoms with van der Waals surface area (Å²) in [4.78, 5) is 2.28. The Balaban J connectivity index is 2.48. The first-order chi connectivity index (χ1) is 8.07. The van der Waals surface area contributed by atoms with Gasteiger partial charge < -0.3 is 4.74 Å². The third kappa shape index (κ3) is 4.76. The van der Waals surface area contributed by atoms with Crippen LogP contribution in [0, 0.1) is 0 Å². The molecule has 0 N–H and O–H groups in total. The van der Waals surface area contributed by atoms with Crippen LogP contribution in [0.3, 0.4) is 0 Å². The largest absolute Gasteiger partial charge is 0.497 e. The number of sulfonamides is 1. The molecule has 1 aromatic rings. The van der Waals surface area contributed by atoms with Gasteiger partial charge in [-0.1, -0.05) is 12.1 Å². The maximum absolute atomic E-state index is 11.1. The minimum atomic E-state index is -3.63. The van der Waals surface area contributed by atoms with Gasteiger partial charge in [0, 0.05) is 9.43 Å². The van der Waals surface area contributed by atoms with Crippen LogP contribution in [0.1, 0.15) is 12.0 Å². The van der Waals surface area contributed by atoms with E-state index >= 15 is 0 Å². The molecule has 0 bridgehead atoms. The molecule has 0 saturated carbocycles. The maximum atomic E-state index is 11.1. The summed E-state index contributed by atoms with van der Waals surface area (Å²) >= 11 is 0. The fourth-order valence-corrected chi connectivity index (χ4v) is 2.05. The highest BCUT2D eigenvalue weighted by atomic mass is 32.2. The van der Waals surface area contributed by atoms with E-state index in [-0.39, 0.29) is 5.75 Å². The van der Waals surface area contributed by atoms with Crippen LogP contribution < -0.4 is 4.74 Å². The summed E-state index contributed by atoms with van der Waals surface area (Å²) in [5.41, 5.74) is 9.06. The zero-order valence-electron chi connectivity index (χ0n) is 9.41. The number of benzene rings is 1. The number of hydrogen-bond acceptors (Lipinski definition) is 3. The van der Waals surface area contributed by atoms with Crippen molar-refractivity contribution in [3.05, 3.63) is 40.3 Å². The van der Waals surface area contributed by atoms with Crippen molar-refractivity contribution in [1.29, 1.82) is 0 Å². The summed E-state index contributed by atoms with van der Waals surface area (Å²) < 4.78 is 29.9. The van der Waals surface area contributed by atoms with E-state index in [0.29, 0.717) is 12.8 Å². The molecular formula is C10H13N3O3S. The van der Waals surface area contributed by atoms with Crippen molar-refractivity contribution in [1.82, 2.24) is 0 Å². The summed E-state index contributed by atoms with van der Waals surface area (Å²) in [5, 5.41) is 0. The average Bonchev–Trinajstić information content (AvgIpc) is 2.29. The summed E-state index contributed by atoms with van der Waals surface area (Å²) in [6.45, 7) is 0. The van der Waals surface area contributed by atoms with Gasteiger partial charge in [0.15, 0.2) is 0 Å². The lowest BCUT2D eigenvalue weighted by Crippen LogP contribution is -2.02. The van der Waals surface area contributed by atoms with Crippen LogP contribution in [-0.2, 0) is 16.4 Å². The quantitative estimate of drug-likeness (QED) is 0.443. The van der Waals surface area contributed by atoms with Gasteiger partial charge in [0.25, 0.3) is 0 Å². The lowest BCUT2D eigenvalue weighted by Gasteiger charge is -2.02. The van der Waals surface area contributed by atoms with E-state index in [1.54, 1.807) is 7.11 Å². The summed E-state index contributed by atoms with van der Waals surface area (Å²) in [7, 11) is -2.05. The molecule has 0 spiro atoms. The number of nitrogens with zero attached hydrogens (tertiary/aromatic N) is 3. The van der Waals surface area contributed by atoms with E-state index in [1.807, 2.05) is 24.3 Å². The van der Waals surface area contributed by atoms with Crippen molar-refractivity contribution in [2.45, 2.75) is 12.8 Å². The van der Waals surface area contributed by atoms with Crippen molar-refractivity contribution < 1.29 is 13.2 Å². The molecule has 1 rings (SSSR count). The van der Waals surface area contributed by atoms with Gasteiger partial charge in [-0.05, 0) is 36.1 Å². The number of ether oxygens (including phenoxy) is 1. The smallest absolute Gasteiger partial charge is 0.235 e. The minimum absolute atomic E-state index is 0.136. The molecule has 0 fully saturated rings. The second-order valence-corrected chi connectivity index (χ2v) is 5.14. The van der Waals surface area contributed by atoms with Gasteiger partial charge in [-0.15, -0.1) is 0 Å². The molecule has 7 heteroatoms. The molecule has 6 nitrogen and oxygen atoms in total. The fourth-order valence-electron chi connectivity index (χ4n) is 1.35. The Kier molecular flexibility index (Phi) is 4.81. The maximum Gasteiger partial charge on any atom is 0.235 e. The first kappa shape index (κ1) is 13.3. The van der Waals surface area contributed by atoms with E-state index in [2.05, 4.69) is 9.43 Å². The Labute approximate surface area is 99.9 Å². The van der Waals surface area contributed by atoms with Gasteiger partial charge in [-0.2, -0.15) is 0 Å². The molecule has 0 unspecified atom stereocenters. The van der Waals surface area contributed by atoms with E-state index in [0.717, 1.165) is 11.3 Å². The van der Waals surface area contributed by atoms with Gasteiger partial charge in [0.1, 0.15) is 5.75 Å². The number of azide groups is 1. The molecule has 0 aliphatic heterocycles. The predicted molar refractivity (Wildman–Crippen MR) is 64.2 cm³/mol. The van der Waals surface area contributed by atoms with Gasteiger partial charge in [-0.25, -0.2) is 8.42 Å². The van der Waals surface area contributed by atoms with Gasteiger partial charge >= 0.3 is 0 Å². The predicted octanol–water partition coefficient (Wildman–Crippen LogP) is 2.27. The topological polar surface area (TPSA) is 92.1 Å². The summed E-state index contributed by atoms with van der Waals surface area (Å²) in [6, 6.07) is 7.38. The highest BCUT2D eigenvalue weighted by Crippen LogP contribution is 2.13. The molecule has 1 aromatic carbocycles. The molecule has 17 heavy (non-hydrogen) atoms. The lowest BCUT2D eigenvalue weighted by molar-refractivity contribution is 0.414. The zero-order chi connectivity index (χ0) is 12.7. The SMILES string of the molecule is COc1ccc(CCCS(=O)(=O)N=[N+]=[N-])cc1. The zero-order valence-corrected chi connectivity index (χ0v) is 10.2. The van der Waals surface area contributed by atoms with Crippen LogP contribution in [0.4, 0.5) is 0 Å². The Morgan fingerprint density at radius 2 is 2.00 bits per heavy atom. The van der Waals surface area contributed by atoms with E-state index in [1.165, 1.54) is 0 Å². The molecule has 0 aromatic heterocycles. The third-order valence-electron chi connectivity index (χ3n) is 2.19. The van der Waals surface area contributed by atoms with Crippen LogP contribution in [0.5, 0.6) is 5.75 Å². The normalized spacial score (nSPS) is 10.6. The molecule has 0 atom stereocenters. The second-order valence-electron chi connectivity index (χ2n) is 3.41. The molecule has 0 heterocycles. The summed E-state index contributed by atoms with van der Waals surface area (Å²) in [5.74, 6) is 0.624. The van der Waals surface area contributed by atoms with Crippen molar-refractivity contribution in [3.8, 4) is 5.75 Å². The Morgan fingerprint density at radius 3 is 2.53 bits per heavy atom. The number of hydrogen-bond donors (Lipinski definition) is 0. The molecule has 0 saturated heterocycles. The molecule has 92 valence electrons. The molecule has 0 aliphatic carbocycles. The third-order valence-corrected chi connectivity index (χ3v) is 3.31. The van der Waals surface area contributed by atoms with Crippen molar-refractivity contribution >= 4 is 10.0 Å². The number of methoxy groups -OCH3 is 1. The molecular weight excluding hydrogens is 242 g/mol. The lowest BCUT2D eigenvalue weighted by atomic mass is 10.1. The first-order valence-electron chi connectivity index (χ1n) is 4.99. The number of aryl methyl sites for hydroxylation is 1. The van der Waals surface area contributed by atoms with Crippen molar-refractivity contribution in [3.63, 3.8) is 0 Å². The van der Waals surface area contributed by atoms with E-state index in [9.17, 15) is 8.42 Å². The molecule has 0 aliphatic rings. The van der Waals surface area contributed by atoms with Crippen LogP contribution in [0.15, 0.2) is 28.8 Å².